The zero-order chi connectivity index (χ0) is 13.2. The first-order chi connectivity index (χ1) is 9.27. The lowest BCUT2D eigenvalue weighted by Crippen LogP contribution is -2.08. The molecule has 0 radical (unpaired) electrons. The van der Waals surface area contributed by atoms with Crippen LogP contribution in [0.4, 0.5) is 0 Å². The fourth-order valence-corrected chi connectivity index (χ4v) is 2.59. The topological polar surface area (TPSA) is 29.9 Å². The molecule has 96 valence electrons. The Balaban J connectivity index is 2.11. The molecule has 1 N–H and O–H groups in total. The number of allylic oxidation sites excluding steroid dienone is 2. The third-order valence-electron chi connectivity index (χ3n) is 3.11. The predicted molar refractivity (Wildman–Crippen MR) is 78.4 cm³/mol. The van der Waals surface area contributed by atoms with Crippen molar-refractivity contribution in [3.63, 3.8) is 0 Å². The molecule has 0 saturated carbocycles. The lowest BCUT2D eigenvalue weighted by molar-refractivity contribution is 0.863. The van der Waals surface area contributed by atoms with Gasteiger partial charge in [-0.2, -0.15) is 5.10 Å². The van der Waals surface area contributed by atoms with Gasteiger partial charge in [-0.05, 0) is 36.9 Å². The van der Waals surface area contributed by atoms with Gasteiger partial charge in [0.2, 0.25) is 0 Å². The Hall–Kier alpha value is -2.00. The zero-order valence-electron chi connectivity index (χ0n) is 10.6. The van der Waals surface area contributed by atoms with Gasteiger partial charge in [0.15, 0.2) is 0 Å². The fourth-order valence-electron chi connectivity index (χ4n) is 2.21. The van der Waals surface area contributed by atoms with Crippen LogP contribution in [0, 0.1) is 6.92 Å². The van der Waals surface area contributed by atoms with Gasteiger partial charge in [-0.3, -0.25) is 0 Å². The molecule has 1 aliphatic heterocycles. The molecule has 0 unspecified atom stereocenters. The maximum atomic E-state index is 6.50. The summed E-state index contributed by atoms with van der Waals surface area (Å²) in [6.45, 7) is 2.80. The van der Waals surface area contributed by atoms with E-state index in [-0.39, 0.29) is 0 Å². The summed E-state index contributed by atoms with van der Waals surface area (Å²) in [5, 5.41) is 8.33. The average Bonchev–Trinajstić information content (AvgIpc) is 2.76. The Bertz CT molecular complexity index is 654. The molecule has 1 aromatic carbocycles. The van der Waals surface area contributed by atoms with Crippen LogP contribution in [-0.4, -0.2) is 16.3 Å². The van der Waals surface area contributed by atoms with Crippen LogP contribution < -0.4 is 5.32 Å². The van der Waals surface area contributed by atoms with Gasteiger partial charge in [-0.1, -0.05) is 35.9 Å². The maximum Gasteiger partial charge on any atom is 0.140 e. The van der Waals surface area contributed by atoms with E-state index >= 15 is 0 Å². The van der Waals surface area contributed by atoms with Crippen molar-refractivity contribution in [1.29, 1.82) is 0 Å². The standard InChI is InChI=1S/C15H14ClN3/c1-11-14(12-7-9-17-10-8-12)15(16)19(18-11)13-5-3-2-4-6-13/h2-9,17H,10H2,1H3. The number of rotatable bonds is 2. The first-order valence-electron chi connectivity index (χ1n) is 6.18. The van der Waals surface area contributed by atoms with Crippen LogP contribution in [0.1, 0.15) is 11.3 Å². The highest BCUT2D eigenvalue weighted by Crippen LogP contribution is 2.30. The van der Waals surface area contributed by atoms with Crippen molar-refractivity contribution in [3.05, 3.63) is 65.1 Å². The van der Waals surface area contributed by atoms with Gasteiger partial charge in [0.25, 0.3) is 0 Å². The quantitative estimate of drug-likeness (QED) is 0.908. The van der Waals surface area contributed by atoms with Crippen molar-refractivity contribution >= 4 is 17.2 Å². The Morgan fingerprint density at radius 3 is 2.74 bits per heavy atom. The van der Waals surface area contributed by atoms with Gasteiger partial charge < -0.3 is 5.32 Å². The van der Waals surface area contributed by atoms with E-state index in [9.17, 15) is 0 Å². The summed E-state index contributed by atoms with van der Waals surface area (Å²) in [7, 11) is 0. The molecular weight excluding hydrogens is 258 g/mol. The minimum Gasteiger partial charge on any atom is -0.387 e. The van der Waals surface area contributed by atoms with E-state index in [1.165, 1.54) is 0 Å². The summed E-state index contributed by atoms with van der Waals surface area (Å²) in [6.07, 6.45) is 6.07. The number of hydrogen-bond acceptors (Lipinski definition) is 2. The van der Waals surface area contributed by atoms with E-state index in [0.29, 0.717) is 5.15 Å². The first kappa shape index (κ1) is 12.1. The Labute approximate surface area is 117 Å². The van der Waals surface area contributed by atoms with Crippen molar-refractivity contribution in [2.45, 2.75) is 6.92 Å². The summed E-state index contributed by atoms with van der Waals surface area (Å²) in [5.74, 6) is 0. The molecule has 4 heteroatoms. The molecule has 0 saturated heterocycles. The molecule has 3 rings (SSSR count). The Kier molecular flexibility index (Phi) is 3.13. The van der Waals surface area contributed by atoms with E-state index < -0.39 is 0 Å². The van der Waals surface area contributed by atoms with Crippen LogP contribution in [0.15, 0.2) is 48.7 Å². The molecule has 19 heavy (non-hydrogen) atoms. The van der Waals surface area contributed by atoms with E-state index in [1.54, 1.807) is 4.68 Å². The maximum absolute atomic E-state index is 6.50. The molecule has 0 aliphatic carbocycles. The highest BCUT2D eigenvalue weighted by Gasteiger charge is 2.17. The van der Waals surface area contributed by atoms with Gasteiger partial charge in [-0.25, -0.2) is 4.68 Å². The number of dihydropyridines is 1. The summed E-state index contributed by atoms with van der Waals surface area (Å²) < 4.78 is 1.78. The van der Waals surface area contributed by atoms with Crippen LogP contribution in [0.2, 0.25) is 5.15 Å². The van der Waals surface area contributed by atoms with E-state index in [1.807, 2.05) is 49.5 Å². The predicted octanol–water partition coefficient (Wildman–Crippen LogP) is 3.33. The van der Waals surface area contributed by atoms with Crippen molar-refractivity contribution in [3.8, 4) is 5.69 Å². The monoisotopic (exact) mass is 271 g/mol. The minimum atomic E-state index is 0.654. The highest BCUT2D eigenvalue weighted by atomic mass is 35.5. The van der Waals surface area contributed by atoms with Crippen LogP contribution in [-0.2, 0) is 0 Å². The summed E-state index contributed by atoms with van der Waals surface area (Å²) >= 11 is 6.50. The third kappa shape index (κ3) is 2.17. The molecule has 0 fully saturated rings. The van der Waals surface area contributed by atoms with E-state index in [0.717, 1.165) is 29.1 Å². The van der Waals surface area contributed by atoms with Gasteiger partial charge in [0.05, 0.1) is 11.4 Å². The summed E-state index contributed by atoms with van der Waals surface area (Å²) in [5.41, 5.74) is 4.03. The molecule has 0 spiro atoms. The van der Waals surface area contributed by atoms with Gasteiger partial charge in [0.1, 0.15) is 5.15 Å². The minimum absolute atomic E-state index is 0.654. The summed E-state index contributed by atoms with van der Waals surface area (Å²) in [4.78, 5) is 0. The number of halogens is 1. The normalized spacial score (nSPS) is 14.1. The lowest BCUT2D eigenvalue weighted by Gasteiger charge is -2.08. The Morgan fingerprint density at radius 1 is 1.26 bits per heavy atom. The number of nitrogens with one attached hydrogen (secondary N) is 1. The summed E-state index contributed by atoms with van der Waals surface area (Å²) in [6, 6.07) is 9.92. The molecule has 0 amide bonds. The smallest absolute Gasteiger partial charge is 0.140 e. The van der Waals surface area contributed by atoms with Crippen LogP contribution in [0.3, 0.4) is 0 Å². The van der Waals surface area contributed by atoms with Crippen LogP contribution >= 0.6 is 11.6 Å². The first-order valence-corrected chi connectivity index (χ1v) is 6.56. The number of nitrogens with zero attached hydrogens (tertiary/aromatic N) is 2. The van der Waals surface area contributed by atoms with Crippen molar-refractivity contribution in [1.82, 2.24) is 15.1 Å². The number of para-hydroxylation sites is 1. The lowest BCUT2D eigenvalue weighted by atomic mass is 10.1. The molecule has 2 heterocycles. The number of aromatic nitrogens is 2. The Morgan fingerprint density at radius 2 is 2.05 bits per heavy atom. The SMILES string of the molecule is Cc1nn(-c2ccccc2)c(Cl)c1C1=CCNC=C1. The van der Waals surface area contributed by atoms with Crippen LogP contribution in [0.5, 0.6) is 0 Å². The molecule has 0 bridgehead atoms. The highest BCUT2D eigenvalue weighted by molar-refractivity contribution is 6.31. The van der Waals surface area contributed by atoms with E-state index in [4.69, 9.17) is 11.6 Å². The number of hydrogen-bond donors (Lipinski definition) is 1. The van der Waals surface area contributed by atoms with Crippen molar-refractivity contribution in [2.24, 2.45) is 0 Å². The second-order valence-electron chi connectivity index (χ2n) is 4.40. The molecule has 1 aliphatic rings. The number of aryl methyl sites for hydroxylation is 1. The molecule has 0 atom stereocenters. The van der Waals surface area contributed by atoms with Gasteiger partial charge >= 0.3 is 0 Å². The third-order valence-corrected chi connectivity index (χ3v) is 3.46. The number of benzene rings is 1. The zero-order valence-corrected chi connectivity index (χ0v) is 11.4. The second kappa shape index (κ2) is 4.94. The fraction of sp³-hybridized carbons (Fsp3) is 0.133. The molecule has 1 aromatic heterocycles. The molecule has 2 aromatic rings. The van der Waals surface area contributed by atoms with Crippen molar-refractivity contribution < 1.29 is 0 Å². The largest absolute Gasteiger partial charge is 0.387 e. The van der Waals surface area contributed by atoms with Crippen molar-refractivity contribution in [2.75, 3.05) is 6.54 Å². The average molecular weight is 272 g/mol. The van der Waals surface area contributed by atoms with E-state index in [2.05, 4.69) is 16.5 Å². The van der Waals surface area contributed by atoms with Gasteiger partial charge in [-0.15, -0.1) is 0 Å². The molecule has 3 nitrogen and oxygen atoms in total. The second-order valence-corrected chi connectivity index (χ2v) is 4.76. The van der Waals surface area contributed by atoms with Gasteiger partial charge in [0, 0.05) is 12.1 Å². The van der Waals surface area contributed by atoms with Crippen LogP contribution in [0.25, 0.3) is 11.3 Å². The molecular formula is C15H14ClN3.